The molecule has 0 spiro atoms. The molecule has 2 rings (SSSR count). The standard InChI is InChI=1S/C21H33F3O/c1-2-3-4-5-6-7-17-8-10-18(11-9-17)19-12-14-20(15-13-19)25-16-21(22,23)24/h12-14,17-18,20H,2-11,15-16H2,1H3. The van der Waals surface area contributed by atoms with Crippen molar-refractivity contribution in [2.45, 2.75) is 89.8 Å². The number of halogens is 3. The third-order valence-corrected chi connectivity index (χ3v) is 5.58. The zero-order valence-corrected chi connectivity index (χ0v) is 15.5. The molecular formula is C21H33F3O. The first-order valence-corrected chi connectivity index (χ1v) is 10.0. The lowest BCUT2D eigenvalue weighted by atomic mass is 9.76. The highest BCUT2D eigenvalue weighted by Crippen LogP contribution is 2.37. The average molecular weight is 358 g/mol. The van der Waals surface area contributed by atoms with Gasteiger partial charge in [-0.15, -0.1) is 0 Å². The SMILES string of the molecule is CCCCCCCC1CCC(C2=CCC(OCC(F)(F)F)C=C2)CC1. The summed E-state index contributed by atoms with van der Waals surface area (Å²) in [6.45, 7) is 1.09. The van der Waals surface area contributed by atoms with Crippen molar-refractivity contribution < 1.29 is 17.9 Å². The van der Waals surface area contributed by atoms with Crippen molar-refractivity contribution in [3.8, 4) is 0 Å². The van der Waals surface area contributed by atoms with Crippen LogP contribution in [0.15, 0.2) is 23.8 Å². The quantitative estimate of drug-likeness (QED) is 0.404. The van der Waals surface area contributed by atoms with Crippen molar-refractivity contribution in [3.05, 3.63) is 23.8 Å². The summed E-state index contributed by atoms with van der Waals surface area (Å²) in [7, 11) is 0. The molecule has 0 aliphatic heterocycles. The van der Waals surface area contributed by atoms with Gasteiger partial charge in [-0.2, -0.15) is 13.2 Å². The molecule has 4 heteroatoms. The second-order valence-electron chi connectivity index (χ2n) is 7.68. The number of rotatable bonds is 9. The molecule has 0 bridgehead atoms. The Morgan fingerprint density at radius 1 is 1.04 bits per heavy atom. The molecule has 0 aromatic carbocycles. The van der Waals surface area contributed by atoms with E-state index in [-0.39, 0.29) is 0 Å². The van der Waals surface area contributed by atoms with Gasteiger partial charge in [0.05, 0.1) is 6.10 Å². The minimum Gasteiger partial charge on any atom is -0.364 e. The number of ether oxygens (including phenoxy) is 1. The maximum atomic E-state index is 12.2. The predicted octanol–water partition coefficient (Wildman–Crippen LogP) is 6.99. The molecule has 0 heterocycles. The Kier molecular flexibility index (Phi) is 8.54. The molecule has 0 saturated heterocycles. The number of alkyl halides is 3. The molecule has 1 fully saturated rings. The van der Waals surface area contributed by atoms with Gasteiger partial charge in [-0.3, -0.25) is 0 Å². The molecule has 25 heavy (non-hydrogen) atoms. The van der Waals surface area contributed by atoms with E-state index in [2.05, 4.69) is 13.0 Å². The van der Waals surface area contributed by atoms with Crippen molar-refractivity contribution >= 4 is 0 Å². The van der Waals surface area contributed by atoms with Crippen LogP contribution in [0.3, 0.4) is 0 Å². The van der Waals surface area contributed by atoms with Crippen LogP contribution in [0.4, 0.5) is 13.2 Å². The molecule has 1 atom stereocenters. The Bertz CT molecular complexity index is 431. The maximum Gasteiger partial charge on any atom is 0.411 e. The van der Waals surface area contributed by atoms with Gasteiger partial charge in [0.2, 0.25) is 0 Å². The Labute approximate surface area is 150 Å². The highest BCUT2D eigenvalue weighted by Gasteiger charge is 2.29. The van der Waals surface area contributed by atoms with Gasteiger partial charge in [-0.25, -0.2) is 0 Å². The largest absolute Gasteiger partial charge is 0.411 e. The van der Waals surface area contributed by atoms with Crippen molar-refractivity contribution in [2.75, 3.05) is 6.61 Å². The van der Waals surface area contributed by atoms with Gasteiger partial charge in [0.25, 0.3) is 0 Å². The molecule has 0 radical (unpaired) electrons. The van der Waals surface area contributed by atoms with Crippen LogP contribution in [-0.2, 0) is 4.74 Å². The van der Waals surface area contributed by atoms with E-state index in [0.29, 0.717) is 12.3 Å². The van der Waals surface area contributed by atoms with E-state index >= 15 is 0 Å². The molecule has 0 N–H and O–H groups in total. The van der Waals surface area contributed by atoms with E-state index in [4.69, 9.17) is 4.74 Å². The summed E-state index contributed by atoms with van der Waals surface area (Å²) in [5, 5.41) is 0. The Morgan fingerprint density at radius 2 is 1.76 bits per heavy atom. The average Bonchev–Trinajstić information content (AvgIpc) is 2.60. The first kappa shape index (κ1) is 20.5. The predicted molar refractivity (Wildman–Crippen MR) is 96.5 cm³/mol. The molecule has 0 amide bonds. The second kappa shape index (κ2) is 10.4. The third kappa shape index (κ3) is 7.98. The Balaban J connectivity index is 1.63. The minimum absolute atomic E-state index is 0.426. The molecule has 1 saturated carbocycles. The molecule has 0 aromatic heterocycles. The monoisotopic (exact) mass is 358 g/mol. The van der Waals surface area contributed by atoms with Gasteiger partial charge in [0, 0.05) is 0 Å². The lowest BCUT2D eigenvalue weighted by Gasteiger charge is -2.31. The molecule has 2 aliphatic carbocycles. The third-order valence-electron chi connectivity index (χ3n) is 5.58. The van der Waals surface area contributed by atoms with Crippen molar-refractivity contribution in [1.29, 1.82) is 0 Å². The van der Waals surface area contributed by atoms with Crippen LogP contribution in [0.25, 0.3) is 0 Å². The van der Waals surface area contributed by atoms with Crippen LogP contribution in [0, 0.1) is 11.8 Å². The number of hydrogen-bond acceptors (Lipinski definition) is 1. The fourth-order valence-corrected chi connectivity index (χ4v) is 4.07. The zero-order chi connectivity index (χ0) is 18.1. The lowest BCUT2D eigenvalue weighted by molar-refractivity contribution is -0.180. The number of allylic oxidation sites excluding steroid dienone is 2. The first-order valence-electron chi connectivity index (χ1n) is 10.0. The van der Waals surface area contributed by atoms with E-state index in [0.717, 1.165) is 5.92 Å². The van der Waals surface area contributed by atoms with Gasteiger partial charge in [0.15, 0.2) is 0 Å². The second-order valence-corrected chi connectivity index (χ2v) is 7.68. The van der Waals surface area contributed by atoms with Crippen molar-refractivity contribution in [1.82, 2.24) is 0 Å². The topological polar surface area (TPSA) is 9.23 Å². The molecular weight excluding hydrogens is 325 g/mol. The molecule has 144 valence electrons. The van der Waals surface area contributed by atoms with Crippen LogP contribution in [0.2, 0.25) is 0 Å². The smallest absolute Gasteiger partial charge is 0.364 e. The van der Waals surface area contributed by atoms with Crippen LogP contribution >= 0.6 is 0 Å². The van der Waals surface area contributed by atoms with Crippen molar-refractivity contribution in [2.24, 2.45) is 11.8 Å². The van der Waals surface area contributed by atoms with E-state index in [1.165, 1.54) is 69.8 Å². The van der Waals surface area contributed by atoms with E-state index in [1.807, 2.05) is 6.08 Å². The highest BCUT2D eigenvalue weighted by atomic mass is 19.4. The lowest BCUT2D eigenvalue weighted by Crippen LogP contribution is -2.23. The van der Waals surface area contributed by atoms with Crippen LogP contribution in [0.1, 0.15) is 77.6 Å². The normalized spacial score (nSPS) is 27.4. The van der Waals surface area contributed by atoms with Gasteiger partial charge < -0.3 is 4.74 Å². The summed E-state index contributed by atoms with van der Waals surface area (Å²) in [6, 6.07) is 0. The van der Waals surface area contributed by atoms with E-state index in [1.54, 1.807) is 6.08 Å². The van der Waals surface area contributed by atoms with Crippen molar-refractivity contribution in [3.63, 3.8) is 0 Å². The van der Waals surface area contributed by atoms with Gasteiger partial charge in [-0.1, -0.05) is 63.7 Å². The van der Waals surface area contributed by atoms with E-state index in [9.17, 15) is 13.2 Å². The Hall–Kier alpha value is -0.770. The zero-order valence-electron chi connectivity index (χ0n) is 15.5. The summed E-state index contributed by atoms with van der Waals surface area (Å²) in [6.07, 6.45) is 15.0. The van der Waals surface area contributed by atoms with Gasteiger partial charge in [-0.05, 0) is 49.5 Å². The summed E-state index contributed by atoms with van der Waals surface area (Å²) in [5.41, 5.74) is 1.31. The molecule has 0 aromatic rings. The first-order chi connectivity index (χ1) is 12.0. The van der Waals surface area contributed by atoms with Gasteiger partial charge in [0.1, 0.15) is 6.61 Å². The Morgan fingerprint density at radius 3 is 2.36 bits per heavy atom. The van der Waals surface area contributed by atoms with Crippen LogP contribution in [-0.4, -0.2) is 18.9 Å². The summed E-state index contributed by atoms with van der Waals surface area (Å²) < 4.78 is 41.5. The number of hydrogen-bond donors (Lipinski definition) is 0. The molecule has 1 nitrogen and oxygen atoms in total. The van der Waals surface area contributed by atoms with E-state index < -0.39 is 18.9 Å². The van der Waals surface area contributed by atoms with Gasteiger partial charge >= 0.3 is 6.18 Å². The van der Waals surface area contributed by atoms with Crippen LogP contribution < -0.4 is 0 Å². The minimum atomic E-state index is -4.24. The fourth-order valence-electron chi connectivity index (χ4n) is 4.07. The number of unbranched alkanes of at least 4 members (excludes halogenated alkanes) is 4. The highest BCUT2D eigenvalue weighted by molar-refractivity contribution is 5.27. The maximum absolute atomic E-state index is 12.2. The van der Waals surface area contributed by atoms with Crippen LogP contribution in [0.5, 0.6) is 0 Å². The summed E-state index contributed by atoms with van der Waals surface area (Å²) in [5.74, 6) is 1.48. The molecule has 2 aliphatic rings. The fraction of sp³-hybridized carbons (Fsp3) is 0.810. The molecule has 1 unspecified atom stereocenters. The summed E-state index contributed by atoms with van der Waals surface area (Å²) in [4.78, 5) is 0. The summed E-state index contributed by atoms with van der Waals surface area (Å²) >= 11 is 0.